The van der Waals surface area contributed by atoms with Crippen molar-refractivity contribution in [2.75, 3.05) is 13.2 Å². The van der Waals surface area contributed by atoms with Gasteiger partial charge in [0.25, 0.3) is 0 Å². The molecule has 3 aromatic carbocycles. The Morgan fingerprint density at radius 1 is 0.871 bits per heavy atom. The SMILES string of the molecule is O=C(NC(CO)(c1ccccc1)C(F)(F)F)OCC1c2ccccc2-c2ccccc21. The van der Waals surface area contributed by atoms with E-state index in [2.05, 4.69) is 0 Å². The number of nitrogens with one attached hydrogen (secondary N) is 1. The summed E-state index contributed by atoms with van der Waals surface area (Å²) in [7, 11) is 0. The van der Waals surface area contributed by atoms with Crippen molar-refractivity contribution >= 4 is 6.09 Å². The molecular weight excluding hydrogens is 407 g/mol. The van der Waals surface area contributed by atoms with Gasteiger partial charge in [-0.1, -0.05) is 78.9 Å². The summed E-state index contributed by atoms with van der Waals surface area (Å²) in [4.78, 5) is 12.5. The molecule has 7 heteroatoms. The first-order valence-electron chi connectivity index (χ1n) is 9.73. The number of alkyl halides is 3. The number of benzene rings is 3. The Morgan fingerprint density at radius 3 is 1.90 bits per heavy atom. The van der Waals surface area contributed by atoms with Gasteiger partial charge in [0, 0.05) is 5.92 Å². The number of fused-ring (bicyclic) bond motifs is 3. The van der Waals surface area contributed by atoms with Crippen molar-refractivity contribution in [3.63, 3.8) is 0 Å². The van der Waals surface area contributed by atoms with Crippen molar-refractivity contribution in [3.05, 3.63) is 95.6 Å². The van der Waals surface area contributed by atoms with Crippen LogP contribution < -0.4 is 5.32 Å². The summed E-state index contributed by atoms with van der Waals surface area (Å²) in [5.74, 6) is -0.288. The van der Waals surface area contributed by atoms with E-state index in [-0.39, 0.29) is 18.1 Å². The summed E-state index contributed by atoms with van der Waals surface area (Å²) in [5, 5.41) is 11.5. The number of hydrogen-bond donors (Lipinski definition) is 2. The van der Waals surface area contributed by atoms with Crippen molar-refractivity contribution < 1.29 is 27.8 Å². The zero-order chi connectivity index (χ0) is 22.1. The first-order valence-corrected chi connectivity index (χ1v) is 9.73. The van der Waals surface area contributed by atoms with Crippen LogP contribution in [0.4, 0.5) is 18.0 Å². The molecule has 0 radical (unpaired) electrons. The molecule has 3 aromatic rings. The lowest BCUT2D eigenvalue weighted by atomic mass is 9.90. The molecule has 4 rings (SSSR count). The highest BCUT2D eigenvalue weighted by atomic mass is 19.4. The molecule has 0 aliphatic heterocycles. The van der Waals surface area contributed by atoms with Gasteiger partial charge in [-0.15, -0.1) is 0 Å². The van der Waals surface area contributed by atoms with Crippen LogP contribution >= 0.6 is 0 Å². The number of rotatable bonds is 5. The second-order valence-electron chi connectivity index (χ2n) is 7.38. The van der Waals surface area contributed by atoms with Crippen molar-refractivity contribution in [2.45, 2.75) is 17.6 Å². The zero-order valence-electron chi connectivity index (χ0n) is 16.4. The molecule has 1 amide bonds. The molecule has 4 nitrogen and oxygen atoms in total. The number of hydrogen-bond acceptors (Lipinski definition) is 3. The lowest BCUT2D eigenvalue weighted by molar-refractivity contribution is -0.209. The molecule has 0 heterocycles. The fourth-order valence-corrected chi connectivity index (χ4v) is 4.06. The van der Waals surface area contributed by atoms with Crippen LogP contribution in [-0.4, -0.2) is 30.6 Å². The lowest BCUT2D eigenvalue weighted by Gasteiger charge is -2.35. The average Bonchev–Trinajstić information content (AvgIpc) is 3.09. The number of halogens is 3. The molecule has 1 aliphatic rings. The van der Waals surface area contributed by atoms with E-state index in [9.17, 15) is 23.1 Å². The van der Waals surface area contributed by atoms with Gasteiger partial charge in [0.2, 0.25) is 0 Å². The number of carbonyl (C=O) groups is 1. The number of ether oxygens (including phenoxy) is 1. The zero-order valence-corrected chi connectivity index (χ0v) is 16.4. The van der Waals surface area contributed by atoms with Gasteiger partial charge in [-0.2, -0.15) is 13.2 Å². The topological polar surface area (TPSA) is 58.6 Å². The molecule has 0 saturated heterocycles. The molecule has 0 fully saturated rings. The third kappa shape index (κ3) is 3.65. The van der Waals surface area contributed by atoms with Crippen LogP contribution in [0.15, 0.2) is 78.9 Å². The molecule has 160 valence electrons. The summed E-state index contributed by atoms with van der Waals surface area (Å²) in [5.41, 5.74) is 0.676. The van der Waals surface area contributed by atoms with Crippen LogP contribution in [0.3, 0.4) is 0 Å². The van der Waals surface area contributed by atoms with E-state index in [0.717, 1.165) is 22.3 Å². The van der Waals surface area contributed by atoms with Crippen molar-refractivity contribution in [1.29, 1.82) is 0 Å². The van der Waals surface area contributed by atoms with Gasteiger partial charge in [-0.25, -0.2) is 4.79 Å². The first kappa shape index (κ1) is 20.9. The second-order valence-corrected chi connectivity index (χ2v) is 7.38. The molecule has 0 aromatic heterocycles. The first-order chi connectivity index (χ1) is 14.9. The van der Waals surface area contributed by atoms with E-state index in [1.165, 1.54) is 24.3 Å². The molecule has 0 spiro atoms. The van der Waals surface area contributed by atoms with E-state index < -0.39 is 24.4 Å². The highest BCUT2D eigenvalue weighted by Gasteiger charge is 2.57. The van der Waals surface area contributed by atoms with E-state index >= 15 is 0 Å². The van der Waals surface area contributed by atoms with Gasteiger partial charge in [0.1, 0.15) is 6.61 Å². The lowest BCUT2D eigenvalue weighted by Crippen LogP contribution is -2.58. The Labute approximate surface area is 177 Å². The summed E-state index contributed by atoms with van der Waals surface area (Å²) >= 11 is 0. The maximum Gasteiger partial charge on any atom is 0.418 e. The third-order valence-electron chi connectivity index (χ3n) is 5.65. The van der Waals surface area contributed by atoms with Crippen LogP contribution in [0.1, 0.15) is 22.6 Å². The van der Waals surface area contributed by atoms with Crippen molar-refractivity contribution in [1.82, 2.24) is 5.32 Å². The molecule has 31 heavy (non-hydrogen) atoms. The fourth-order valence-electron chi connectivity index (χ4n) is 4.06. The maximum absolute atomic E-state index is 13.9. The smallest absolute Gasteiger partial charge is 0.418 e. The van der Waals surface area contributed by atoms with E-state index in [1.807, 2.05) is 53.8 Å². The number of alkyl carbamates (subject to hydrolysis) is 1. The second kappa shape index (κ2) is 8.07. The van der Waals surface area contributed by atoms with Gasteiger partial charge in [-0.3, -0.25) is 0 Å². The Bertz CT molecular complexity index is 1040. The highest BCUT2D eigenvalue weighted by molar-refractivity contribution is 5.79. The predicted octanol–water partition coefficient (Wildman–Crippen LogP) is 4.98. The van der Waals surface area contributed by atoms with Crippen LogP contribution in [0, 0.1) is 0 Å². The van der Waals surface area contributed by atoms with Crippen molar-refractivity contribution in [3.8, 4) is 11.1 Å². The minimum Gasteiger partial charge on any atom is -0.449 e. The third-order valence-corrected chi connectivity index (χ3v) is 5.65. The highest BCUT2D eigenvalue weighted by Crippen LogP contribution is 2.44. The van der Waals surface area contributed by atoms with Gasteiger partial charge < -0.3 is 15.2 Å². The standard InChI is InChI=1S/C24H20F3NO3/c25-24(26,27)23(15-29,16-8-2-1-3-9-16)28-22(30)31-14-21-19-12-6-4-10-17(19)18-11-5-7-13-20(18)21/h1-13,21,29H,14-15H2,(H,28,30). The molecule has 1 unspecified atom stereocenters. The number of amides is 1. The van der Waals surface area contributed by atoms with Crippen LogP contribution in [0.25, 0.3) is 11.1 Å². The Kier molecular flexibility index (Phi) is 5.45. The monoisotopic (exact) mass is 427 g/mol. The van der Waals surface area contributed by atoms with Crippen molar-refractivity contribution in [2.24, 2.45) is 0 Å². The van der Waals surface area contributed by atoms with Gasteiger partial charge in [0.15, 0.2) is 5.54 Å². The average molecular weight is 427 g/mol. The summed E-state index contributed by atoms with van der Waals surface area (Å²) < 4.78 is 47.0. The Morgan fingerprint density at radius 2 is 1.39 bits per heavy atom. The van der Waals surface area contributed by atoms with E-state index in [0.29, 0.717) is 0 Å². The molecule has 2 N–H and O–H groups in total. The predicted molar refractivity (Wildman–Crippen MR) is 109 cm³/mol. The van der Waals surface area contributed by atoms with E-state index in [1.54, 1.807) is 6.07 Å². The quantitative estimate of drug-likeness (QED) is 0.604. The molecule has 1 aliphatic carbocycles. The maximum atomic E-state index is 13.9. The van der Waals surface area contributed by atoms with Gasteiger partial charge in [0.05, 0.1) is 6.61 Å². The Balaban J connectivity index is 1.56. The minimum absolute atomic E-state index is 0.131. The number of aliphatic hydroxyl groups is 1. The fraction of sp³-hybridized carbons (Fsp3) is 0.208. The summed E-state index contributed by atoms with van der Waals surface area (Å²) in [6.45, 7) is -1.49. The summed E-state index contributed by atoms with van der Waals surface area (Å²) in [6.07, 6.45) is -6.19. The largest absolute Gasteiger partial charge is 0.449 e. The van der Waals surface area contributed by atoms with Crippen LogP contribution in [-0.2, 0) is 10.3 Å². The molecular formula is C24H20F3NO3. The van der Waals surface area contributed by atoms with Crippen LogP contribution in [0.5, 0.6) is 0 Å². The van der Waals surface area contributed by atoms with Gasteiger partial charge >= 0.3 is 12.3 Å². The Hall–Kier alpha value is -3.32. The number of aliphatic hydroxyl groups excluding tert-OH is 1. The van der Waals surface area contributed by atoms with Gasteiger partial charge in [-0.05, 0) is 27.8 Å². The van der Waals surface area contributed by atoms with E-state index in [4.69, 9.17) is 4.74 Å². The number of carbonyl (C=O) groups excluding carboxylic acids is 1. The molecule has 0 saturated carbocycles. The van der Waals surface area contributed by atoms with Crippen LogP contribution in [0.2, 0.25) is 0 Å². The molecule has 0 bridgehead atoms. The minimum atomic E-state index is -4.94. The normalized spacial score (nSPS) is 15.0. The molecule has 1 atom stereocenters. The summed E-state index contributed by atoms with van der Waals surface area (Å²) in [6, 6.07) is 22.1.